The van der Waals surface area contributed by atoms with Gasteiger partial charge in [-0.05, 0) is 43.9 Å². The Morgan fingerprint density at radius 1 is 1.09 bits per heavy atom. The number of nitrogens with one attached hydrogen (secondary N) is 1. The number of carbonyl (C=O) groups is 3. The number of hydrogen-bond donors (Lipinski definition) is 1. The van der Waals surface area contributed by atoms with Gasteiger partial charge in [0, 0.05) is 44.8 Å². The van der Waals surface area contributed by atoms with Crippen LogP contribution in [0.3, 0.4) is 0 Å². The van der Waals surface area contributed by atoms with Gasteiger partial charge in [-0.3, -0.25) is 19.4 Å². The summed E-state index contributed by atoms with van der Waals surface area (Å²) < 4.78 is 16.1. The molecule has 10 heteroatoms. The number of carbonyl (C=O) groups excluding carboxylic acids is 3. The first-order valence-corrected chi connectivity index (χ1v) is 12.3. The standard InChI is InChI=1S/C25H36N4O6/c1-25(23(31)29(24(32)26-25)11-10-27-12-14-35-15-13-27)19-6-8-28(9-7-19)22(30)17-18-16-20(33-2)4-5-21(18)34-3/h4-5,16,19H,6-15,17H2,1-3H3,(H,26,32)/t25-/m0/s1. The molecule has 3 aliphatic heterocycles. The highest BCUT2D eigenvalue weighted by atomic mass is 16.5. The van der Waals surface area contributed by atoms with Crippen LogP contribution in [0.15, 0.2) is 18.2 Å². The summed E-state index contributed by atoms with van der Waals surface area (Å²) in [6.45, 7) is 6.93. The van der Waals surface area contributed by atoms with Gasteiger partial charge in [0.15, 0.2) is 0 Å². The molecule has 1 N–H and O–H groups in total. The van der Waals surface area contributed by atoms with E-state index in [0.29, 0.717) is 63.7 Å². The van der Waals surface area contributed by atoms with Crippen LogP contribution in [0.1, 0.15) is 25.3 Å². The number of benzene rings is 1. The Kier molecular flexibility index (Phi) is 7.81. The summed E-state index contributed by atoms with van der Waals surface area (Å²) in [5.41, 5.74) is -0.159. The maximum absolute atomic E-state index is 13.3. The molecule has 0 spiro atoms. The second-order valence-electron chi connectivity index (χ2n) is 9.55. The predicted molar refractivity (Wildman–Crippen MR) is 128 cm³/mol. The summed E-state index contributed by atoms with van der Waals surface area (Å²) >= 11 is 0. The topological polar surface area (TPSA) is 101 Å². The predicted octanol–water partition coefficient (Wildman–Crippen LogP) is 1.13. The van der Waals surface area contributed by atoms with Crippen molar-refractivity contribution in [3.63, 3.8) is 0 Å². The number of nitrogens with zero attached hydrogens (tertiary/aromatic N) is 3. The minimum Gasteiger partial charge on any atom is -0.497 e. The molecule has 192 valence electrons. The molecule has 3 saturated heterocycles. The average Bonchev–Trinajstić information content (AvgIpc) is 3.11. The third-order valence-electron chi connectivity index (χ3n) is 7.54. The third kappa shape index (κ3) is 5.38. The van der Waals surface area contributed by atoms with Gasteiger partial charge in [-0.1, -0.05) is 0 Å². The minimum absolute atomic E-state index is 0.00841. The van der Waals surface area contributed by atoms with Crippen LogP contribution in [0.5, 0.6) is 11.5 Å². The number of methoxy groups -OCH3 is 2. The van der Waals surface area contributed by atoms with Crippen LogP contribution >= 0.6 is 0 Å². The van der Waals surface area contributed by atoms with E-state index < -0.39 is 5.54 Å². The Morgan fingerprint density at radius 3 is 2.46 bits per heavy atom. The van der Waals surface area contributed by atoms with Crippen LogP contribution in [0.2, 0.25) is 0 Å². The first kappa shape index (κ1) is 25.2. The van der Waals surface area contributed by atoms with Crippen LogP contribution in [0.25, 0.3) is 0 Å². The largest absolute Gasteiger partial charge is 0.497 e. The molecule has 3 heterocycles. The van der Waals surface area contributed by atoms with Crippen molar-refractivity contribution in [3.05, 3.63) is 23.8 Å². The fourth-order valence-corrected chi connectivity index (χ4v) is 5.26. The number of rotatable bonds is 8. The maximum Gasteiger partial charge on any atom is 0.325 e. The number of amides is 4. The van der Waals surface area contributed by atoms with Gasteiger partial charge < -0.3 is 24.4 Å². The molecule has 0 radical (unpaired) electrons. The van der Waals surface area contributed by atoms with Crippen LogP contribution in [0.4, 0.5) is 4.79 Å². The molecule has 35 heavy (non-hydrogen) atoms. The van der Waals surface area contributed by atoms with E-state index in [2.05, 4.69) is 10.2 Å². The van der Waals surface area contributed by atoms with Crippen molar-refractivity contribution in [1.82, 2.24) is 20.0 Å². The zero-order valence-corrected chi connectivity index (χ0v) is 20.9. The second kappa shape index (κ2) is 10.8. The lowest BCUT2D eigenvalue weighted by atomic mass is 9.79. The van der Waals surface area contributed by atoms with Crippen LogP contribution < -0.4 is 14.8 Å². The van der Waals surface area contributed by atoms with Crippen molar-refractivity contribution in [3.8, 4) is 11.5 Å². The van der Waals surface area contributed by atoms with Crippen LogP contribution in [-0.2, 0) is 20.7 Å². The highest BCUT2D eigenvalue weighted by Crippen LogP contribution is 2.34. The molecule has 0 aromatic heterocycles. The molecule has 10 nitrogen and oxygen atoms in total. The summed E-state index contributed by atoms with van der Waals surface area (Å²) in [4.78, 5) is 44.4. The molecular weight excluding hydrogens is 452 g/mol. The van der Waals surface area contributed by atoms with Gasteiger partial charge >= 0.3 is 6.03 Å². The molecule has 3 aliphatic rings. The Hall–Kier alpha value is -2.85. The van der Waals surface area contributed by atoms with Gasteiger partial charge in [-0.15, -0.1) is 0 Å². The van der Waals surface area contributed by atoms with Crippen molar-refractivity contribution in [2.75, 3.05) is 66.7 Å². The molecule has 1 atom stereocenters. The monoisotopic (exact) mass is 488 g/mol. The van der Waals surface area contributed by atoms with E-state index in [9.17, 15) is 14.4 Å². The van der Waals surface area contributed by atoms with Gasteiger partial charge in [0.25, 0.3) is 5.91 Å². The quantitative estimate of drug-likeness (QED) is 0.548. The number of ether oxygens (including phenoxy) is 3. The Labute approximate surface area is 206 Å². The highest BCUT2D eigenvalue weighted by molar-refractivity contribution is 6.07. The highest BCUT2D eigenvalue weighted by Gasteiger charge is 2.52. The number of morpholine rings is 1. The Balaban J connectivity index is 1.32. The lowest BCUT2D eigenvalue weighted by Crippen LogP contribution is -2.54. The van der Waals surface area contributed by atoms with Crippen LogP contribution in [-0.4, -0.2) is 105 Å². The number of imide groups is 1. The first-order valence-electron chi connectivity index (χ1n) is 12.3. The van der Waals surface area contributed by atoms with E-state index in [1.807, 2.05) is 17.9 Å². The molecule has 0 saturated carbocycles. The van der Waals surface area contributed by atoms with Gasteiger partial charge in [-0.2, -0.15) is 0 Å². The maximum atomic E-state index is 13.3. The van der Waals surface area contributed by atoms with Gasteiger partial charge in [0.1, 0.15) is 17.0 Å². The van der Waals surface area contributed by atoms with E-state index in [-0.39, 0.29) is 30.2 Å². The molecule has 4 amide bonds. The van der Waals surface area contributed by atoms with E-state index in [4.69, 9.17) is 14.2 Å². The minimum atomic E-state index is -0.937. The summed E-state index contributed by atoms with van der Waals surface area (Å²) in [7, 11) is 3.17. The lowest BCUT2D eigenvalue weighted by Gasteiger charge is -2.39. The first-order chi connectivity index (χ1) is 16.9. The molecule has 0 aliphatic carbocycles. The normalized spacial score (nSPS) is 24.0. The van der Waals surface area contributed by atoms with Crippen molar-refractivity contribution >= 4 is 17.8 Å². The van der Waals surface area contributed by atoms with E-state index in [1.54, 1.807) is 26.4 Å². The molecule has 0 unspecified atom stereocenters. The zero-order valence-electron chi connectivity index (χ0n) is 20.9. The SMILES string of the molecule is COc1ccc(OC)c(CC(=O)N2CCC([C@]3(C)NC(=O)N(CCN4CCOCC4)C3=O)CC2)c1. The van der Waals surface area contributed by atoms with Crippen molar-refractivity contribution < 1.29 is 28.6 Å². The smallest absolute Gasteiger partial charge is 0.325 e. The van der Waals surface area contributed by atoms with Gasteiger partial charge in [-0.25, -0.2) is 4.79 Å². The van der Waals surface area contributed by atoms with E-state index >= 15 is 0 Å². The summed E-state index contributed by atoms with van der Waals surface area (Å²) in [6.07, 6.45) is 1.52. The van der Waals surface area contributed by atoms with Crippen molar-refractivity contribution in [1.29, 1.82) is 0 Å². The molecule has 4 rings (SSSR count). The molecule has 3 fully saturated rings. The van der Waals surface area contributed by atoms with Gasteiger partial charge in [0.05, 0.1) is 33.9 Å². The average molecular weight is 489 g/mol. The molecular formula is C25H36N4O6. The Bertz CT molecular complexity index is 942. The molecule has 1 aromatic carbocycles. The number of hydrogen-bond acceptors (Lipinski definition) is 7. The fraction of sp³-hybridized carbons (Fsp3) is 0.640. The van der Waals surface area contributed by atoms with Crippen molar-refractivity contribution in [2.24, 2.45) is 5.92 Å². The fourth-order valence-electron chi connectivity index (χ4n) is 5.26. The molecule has 1 aromatic rings. The summed E-state index contributed by atoms with van der Waals surface area (Å²) in [5, 5.41) is 2.96. The lowest BCUT2D eigenvalue weighted by molar-refractivity contribution is -0.135. The second-order valence-corrected chi connectivity index (χ2v) is 9.55. The van der Waals surface area contributed by atoms with E-state index in [0.717, 1.165) is 18.7 Å². The number of likely N-dealkylation sites (tertiary alicyclic amines) is 1. The summed E-state index contributed by atoms with van der Waals surface area (Å²) in [5.74, 6) is 1.14. The summed E-state index contributed by atoms with van der Waals surface area (Å²) in [6, 6.07) is 5.10. The third-order valence-corrected chi connectivity index (χ3v) is 7.54. The van der Waals surface area contributed by atoms with Crippen LogP contribution in [0, 0.1) is 5.92 Å². The van der Waals surface area contributed by atoms with E-state index in [1.165, 1.54) is 4.90 Å². The Morgan fingerprint density at radius 2 is 1.80 bits per heavy atom. The number of piperidine rings is 1. The number of urea groups is 1. The molecule has 0 bridgehead atoms. The van der Waals surface area contributed by atoms with Crippen molar-refractivity contribution in [2.45, 2.75) is 31.7 Å². The van der Waals surface area contributed by atoms with Gasteiger partial charge in [0.2, 0.25) is 5.91 Å². The zero-order chi connectivity index (χ0) is 25.0.